The third-order valence-corrected chi connectivity index (χ3v) is 4.53. The smallest absolute Gasteiger partial charge is 0.248 e. The van der Waals surface area contributed by atoms with Crippen molar-refractivity contribution in [3.05, 3.63) is 64.6 Å². The lowest BCUT2D eigenvalue weighted by atomic mass is 10.2. The molecule has 0 radical (unpaired) electrons. The summed E-state index contributed by atoms with van der Waals surface area (Å²) in [6, 6.07) is 15.1. The Kier molecular flexibility index (Phi) is 5.11. The molecular weight excluding hydrogens is 368 g/mol. The van der Waals surface area contributed by atoms with E-state index in [2.05, 4.69) is 21.2 Å². The van der Waals surface area contributed by atoms with Crippen molar-refractivity contribution >= 4 is 45.2 Å². The van der Waals surface area contributed by atoms with E-state index in [9.17, 15) is 9.59 Å². The molecule has 4 nitrogen and oxygen atoms in total. The van der Waals surface area contributed by atoms with Crippen molar-refractivity contribution in [1.82, 2.24) is 0 Å². The number of hydrogen-bond acceptors (Lipinski definition) is 2. The van der Waals surface area contributed by atoms with E-state index in [0.717, 1.165) is 34.4 Å². The standard InChI is InChI=1S/C19H17BrN2O2/c20-16-4-1-2-5-17(16)21-18(23)12-9-14-7-10-15(11-8-14)22-13-3-6-19(22)24/h1-2,4-5,7-12H,3,6,13H2,(H,21,23)/b12-9+. The summed E-state index contributed by atoms with van der Waals surface area (Å²) in [6.45, 7) is 0.780. The van der Waals surface area contributed by atoms with Crippen molar-refractivity contribution in [3.8, 4) is 0 Å². The van der Waals surface area contributed by atoms with Crippen LogP contribution in [0, 0.1) is 0 Å². The van der Waals surface area contributed by atoms with E-state index < -0.39 is 0 Å². The minimum absolute atomic E-state index is 0.172. The molecule has 1 saturated heterocycles. The van der Waals surface area contributed by atoms with Gasteiger partial charge in [0, 0.05) is 29.2 Å². The zero-order chi connectivity index (χ0) is 16.9. The average Bonchev–Trinajstić information content (AvgIpc) is 3.02. The summed E-state index contributed by atoms with van der Waals surface area (Å²) in [5, 5.41) is 2.82. The van der Waals surface area contributed by atoms with Gasteiger partial charge in [0.05, 0.1) is 5.69 Å². The Labute approximate surface area is 149 Å². The fraction of sp³-hybridized carbons (Fsp3) is 0.158. The molecule has 2 amide bonds. The van der Waals surface area contributed by atoms with Crippen LogP contribution < -0.4 is 10.2 Å². The molecule has 122 valence electrons. The fourth-order valence-electron chi connectivity index (χ4n) is 2.60. The first-order valence-corrected chi connectivity index (χ1v) is 8.57. The van der Waals surface area contributed by atoms with Gasteiger partial charge in [0.1, 0.15) is 0 Å². The van der Waals surface area contributed by atoms with Crippen LogP contribution in [-0.4, -0.2) is 18.4 Å². The molecule has 1 heterocycles. The number of para-hydroxylation sites is 1. The highest BCUT2D eigenvalue weighted by atomic mass is 79.9. The quantitative estimate of drug-likeness (QED) is 0.801. The summed E-state index contributed by atoms with van der Waals surface area (Å²) >= 11 is 3.39. The van der Waals surface area contributed by atoms with E-state index in [1.807, 2.05) is 48.5 Å². The third-order valence-electron chi connectivity index (χ3n) is 3.84. The Balaban J connectivity index is 1.63. The zero-order valence-corrected chi connectivity index (χ0v) is 14.6. The number of nitrogens with one attached hydrogen (secondary N) is 1. The molecule has 1 fully saturated rings. The number of nitrogens with zero attached hydrogens (tertiary/aromatic N) is 1. The molecule has 0 atom stereocenters. The molecule has 2 aromatic carbocycles. The Morgan fingerprint density at radius 1 is 1.12 bits per heavy atom. The second kappa shape index (κ2) is 7.45. The molecule has 0 unspecified atom stereocenters. The maximum absolute atomic E-state index is 12.0. The SMILES string of the molecule is O=C(/C=C/c1ccc(N2CCCC2=O)cc1)Nc1ccccc1Br. The highest BCUT2D eigenvalue weighted by molar-refractivity contribution is 9.10. The van der Waals surface area contributed by atoms with E-state index in [4.69, 9.17) is 0 Å². The molecule has 5 heteroatoms. The Hall–Kier alpha value is -2.40. The van der Waals surface area contributed by atoms with Gasteiger partial charge in [-0.2, -0.15) is 0 Å². The zero-order valence-electron chi connectivity index (χ0n) is 13.0. The lowest BCUT2D eigenvalue weighted by molar-refractivity contribution is -0.117. The van der Waals surface area contributed by atoms with Crippen molar-refractivity contribution in [1.29, 1.82) is 0 Å². The summed E-state index contributed by atoms with van der Waals surface area (Å²) in [7, 11) is 0. The van der Waals surface area contributed by atoms with Crippen LogP contribution in [0.3, 0.4) is 0 Å². The lowest BCUT2D eigenvalue weighted by Gasteiger charge is -2.15. The van der Waals surface area contributed by atoms with Crippen LogP contribution in [0.5, 0.6) is 0 Å². The number of hydrogen-bond donors (Lipinski definition) is 1. The van der Waals surface area contributed by atoms with Crippen molar-refractivity contribution in [2.24, 2.45) is 0 Å². The number of amides is 2. The first-order chi connectivity index (χ1) is 11.6. The first-order valence-electron chi connectivity index (χ1n) is 7.77. The van der Waals surface area contributed by atoms with Crippen molar-refractivity contribution in [3.63, 3.8) is 0 Å². The summed E-state index contributed by atoms with van der Waals surface area (Å²) in [5.41, 5.74) is 2.55. The normalized spacial score (nSPS) is 14.4. The summed E-state index contributed by atoms with van der Waals surface area (Å²) in [4.78, 5) is 25.5. The van der Waals surface area contributed by atoms with E-state index in [1.54, 1.807) is 11.0 Å². The Bertz CT molecular complexity index is 784. The van der Waals surface area contributed by atoms with E-state index in [-0.39, 0.29) is 11.8 Å². The minimum Gasteiger partial charge on any atom is -0.321 e. The van der Waals surface area contributed by atoms with Crippen molar-refractivity contribution in [2.75, 3.05) is 16.8 Å². The molecule has 1 N–H and O–H groups in total. The predicted molar refractivity (Wildman–Crippen MR) is 99.8 cm³/mol. The van der Waals surface area contributed by atoms with E-state index in [1.165, 1.54) is 6.08 Å². The highest BCUT2D eigenvalue weighted by Gasteiger charge is 2.21. The van der Waals surface area contributed by atoms with Gasteiger partial charge in [0.15, 0.2) is 0 Å². The van der Waals surface area contributed by atoms with Gasteiger partial charge in [-0.15, -0.1) is 0 Å². The van der Waals surface area contributed by atoms with Crippen molar-refractivity contribution in [2.45, 2.75) is 12.8 Å². The Morgan fingerprint density at radius 3 is 2.54 bits per heavy atom. The van der Waals surface area contributed by atoms with Gasteiger partial charge in [-0.05, 0) is 58.3 Å². The molecule has 3 rings (SSSR count). The van der Waals surface area contributed by atoms with Gasteiger partial charge >= 0.3 is 0 Å². The molecule has 24 heavy (non-hydrogen) atoms. The number of carbonyl (C=O) groups is 2. The lowest BCUT2D eigenvalue weighted by Crippen LogP contribution is -2.23. The fourth-order valence-corrected chi connectivity index (χ4v) is 2.98. The molecule has 0 bridgehead atoms. The second-order valence-electron chi connectivity index (χ2n) is 5.54. The molecule has 0 aromatic heterocycles. The number of anilines is 2. The van der Waals surface area contributed by atoms with Crippen LogP contribution in [0.1, 0.15) is 18.4 Å². The average molecular weight is 385 g/mol. The van der Waals surface area contributed by atoms with E-state index in [0.29, 0.717) is 6.42 Å². The second-order valence-corrected chi connectivity index (χ2v) is 6.40. The maximum Gasteiger partial charge on any atom is 0.248 e. The van der Waals surface area contributed by atoms with Crippen molar-refractivity contribution < 1.29 is 9.59 Å². The summed E-state index contributed by atoms with van der Waals surface area (Å²) < 4.78 is 0.839. The first kappa shape index (κ1) is 16.5. The van der Waals surface area contributed by atoms with Gasteiger partial charge in [-0.1, -0.05) is 24.3 Å². The van der Waals surface area contributed by atoms with Crippen LogP contribution in [0.25, 0.3) is 6.08 Å². The molecule has 0 saturated carbocycles. The molecule has 1 aliphatic heterocycles. The van der Waals surface area contributed by atoms with E-state index >= 15 is 0 Å². The third kappa shape index (κ3) is 3.92. The largest absolute Gasteiger partial charge is 0.321 e. The monoisotopic (exact) mass is 384 g/mol. The summed E-state index contributed by atoms with van der Waals surface area (Å²) in [6.07, 6.45) is 4.78. The maximum atomic E-state index is 12.0. The number of benzene rings is 2. The van der Waals surface area contributed by atoms with Gasteiger partial charge in [0.25, 0.3) is 0 Å². The minimum atomic E-state index is -0.194. The van der Waals surface area contributed by atoms with Gasteiger partial charge in [-0.3, -0.25) is 9.59 Å². The summed E-state index contributed by atoms with van der Waals surface area (Å²) in [5.74, 6) is -0.0215. The molecule has 0 aliphatic carbocycles. The molecular formula is C19H17BrN2O2. The molecule has 2 aromatic rings. The molecule has 0 spiro atoms. The Morgan fingerprint density at radius 2 is 1.88 bits per heavy atom. The topological polar surface area (TPSA) is 49.4 Å². The number of rotatable bonds is 4. The van der Waals surface area contributed by atoms with Crippen LogP contribution in [0.2, 0.25) is 0 Å². The van der Waals surface area contributed by atoms with Crippen LogP contribution in [-0.2, 0) is 9.59 Å². The van der Waals surface area contributed by atoms with Crippen LogP contribution >= 0.6 is 15.9 Å². The van der Waals surface area contributed by atoms with Gasteiger partial charge in [-0.25, -0.2) is 0 Å². The van der Waals surface area contributed by atoms with Gasteiger partial charge < -0.3 is 10.2 Å². The van der Waals surface area contributed by atoms with Crippen LogP contribution in [0.4, 0.5) is 11.4 Å². The van der Waals surface area contributed by atoms with Crippen LogP contribution in [0.15, 0.2) is 59.1 Å². The number of carbonyl (C=O) groups excluding carboxylic acids is 2. The highest BCUT2D eigenvalue weighted by Crippen LogP contribution is 2.23. The predicted octanol–water partition coefficient (Wildman–Crippen LogP) is 4.23. The number of halogens is 1. The molecule has 1 aliphatic rings. The van der Waals surface area contributed by atoms with Gasteiger partial charge in [0.2, 0.25) is 11.8 Å².